The Kier molecular flexibility index (Phi) is 4.03. The van der Waals surface area contributed by atoms with E-state index in [4.69, 9.17) is 16.6 Å². The molecule has 1 aliphatic rings. The number of halogens is 1. The van der Waals surface area contributed by atoms with Crippen LogP contribution in [0, 0.1) is 5.92 Å². The summed E-state index contributed by atoms with van der Waals surface area (Å²) in [6, 6.07) is 7.84. The van der Waals surface area contributed by atoms with Crippen molar-refractivity contribution in [2.24, 2.45) is 5.92 Å². The number of nitrogens with zero attached hydrogens (tertiary/aromatic N) is 2. The molecule has 3 nitrogen and oxygen atoms in total. The van der Waals surface area contributed by atoms with Gasteiger partial charge >= 0.3 is 0 Å². The maximum Gasteiger partial charge on any atom is 0.261 e. The molecule has 4 heteroatoms. The minimum absolute atomic E-state index is 0.0679. The Morgan fingerprint density at radius 3 is 2.86 bits per heavy atom. The largest absolute Gasteiger partial charge is 0.291 e. The number of hydrogen-bond acceptors (Lipinski definition) is 2. The van der Waals surface area contributed by atoms with Gasteiger partial charge in [0, 0.05) is 6.04 Å². The number of alkyl halides is 1. The molecule has 1 aliphatic carbocycles. The summed E-state index contributed by atoms with van der Waals surface area (Å²) in [6.07, 6.45) is 4.18. The van der Waals surface area contributed by atoms with Crippen molar-refractivity contribution < 1.29 is 0 Å². The summed E-state index contributed by atoms with van der Waals surface area (Å²) in [6.45, 7) is 4.22. The number of para-hydroxylation sites is 1. The summed E-state index contributed by atoms with van der Waals surface area (Å²) in [7, 11) is 0. The second kappa shape index (κ2) is 5.80. The standard InChI is InChI=1S/C17H21ClN2O/c1-3-7-11-10-15(11)20-16(13(18)4-2)19-14-9-6-5-8-12(14)17(20)21/h5-6,8-9,11,13,15H,3-4,7,10H2,1-2H3. The average molecular weight is 305 g/mol. The first-order valence-electron chi connectivity index (χ1n) is 7.82. The molecule has 0 saturated heterocycles. The zero-order valence-corrected chi connectivity index (χ0v) is 13.3. The minimum atomic E-state index is -0.204. The Balaban J connectivity index is 2.16. The van der Waals surface area contributed by atoms with Crippen LogP contribution in [-0.4, -0.2) is 9.55 Å². The van der Waals surface area contributed by atoms with Gasteiger partial charge in [0.25, 0.3) is 5.56 Å². The molecule has 0 radical (unpaired) electrons. The lowest BCUT2D eigenvalue weighted by atomic mass is 10.2. The lowest BCUT2D eigenvalue weighted by Gasteiger charge is -2.16. The highest BCUT2D eigenvalue weighted by Crippen LogP contribution is 2.47. The molecule has 112 valence electrons. The van der Waals surface area contributed by atoms with Gasteiger partial charge in [-0.25, -0.2) is 4.98 Å². The van der Waals surface area contributed by atoms with Gasteiger partial charge in [-0.15, -0.1) is 11.6 Å². The maximum absolute atomic E-state index is 12.9. The fourth-order valence-corrected chi connectivity index (χ4v) is 3.27. The van der Waals surface area contributed by atoms with Crippen LogP contribution < -0.4 is 5.56 Å². The van der Waals surface area contributed by atoms with Crippen LogP contribution in [0.1, 0.15) is 56.8 Å². The Hall–Kier alpha value is -1.35. The van der Waals surface area contributed by atoms with E-state index < -0.39 is 0 Å². The second-order valence-corrected chi connectivity index (χ2v) is 6.42. The van der Waals surface area contributed by atoms with Gasteiger partial charge in [0.2, 0.25) is 0 Å². The van der Waals surface area contributed by atoms with Crippen LogP contribution in [0.3, 0.4) is 0 Å². The summed E-state index contributed by atoms with van der Waals surface area (Å²) in [4.78, 5) is 17.6. The summed E-state index contributed by atoms with van der Waals surface area (Å²) in [5.74, 6) is 1.35. The van der Waals surface area contributed by atoms with E-state index in [0.29, 0.717) is 11.3 Å². The molecule has 3 atom stereocenters. The maximum atomic E-state index is 12.9. The Bertz CT molecular complexity index is 709. The van der Waals surface area contributed by atoms with Gasteiger partial charge in [0.15, 0.2) is 0 Å². The summed E-state index contributed by atoms with van der Waals surface area (Å²) in [5, 5.41) is 0.494. The van der Waals surface area contributed by atoms with E-state index in [1.807, 2.05) is 35.8 Å². The van der Waals surface area contributed by atoms with Crippen molar-refractivity contribution in [1.29, 1.82) is 0 Å². The zero-order chi connectivity index (χ0) is 15.0. The first kappa shape index (κ1) is 14.6. The highest BCUT2D eigenvalue weighted by molar-refractivity contribution is 6.20. The molecule has 1 fully saturated rings. The Morgan fingerprint density at radius 1 is 1.38 bits per heavy atom. The van der Waals surface area contributed by atoms with Gasteiger partial charge in [-0.05, 0) is 37.3 Å². The van der Waals surface area contributed by atoms with Crippen LogP contribution in [0.15, 0.2) is 29.1 Å². The molecule has 1 heterocycles. The van der Waals surface area contributed by atoms with Gasteiger partial charge in [-0.2, -0.15) is 0 Å². The number of aromatic nitrogens is 2. The van der Waals surface area contributed by atoms with E-state index in [2.05, 4.69) is 6.92 Å². The van der Waals surface area contributed by atoms with Crippen molar-refractivity contribution in [1.82, 2.24) is 9.55 Å². The van der Waals surface area contributed by atoms with E-state index in [1.165, 1.54) is 6.42 Å². The molecule has 0 N–H and O–H groups in total. The highest BCUT2D eigenvalue weighted by Gasteiger charge is 2.40. The summed E-state index contributed by atoms with van der Waals surface area (Å²) >= 11 is 6.44. The normalized spacial score (nSPS) is 22.4. The highest BCUT2D eigenvalue weighted by atomic mass is 35.5. The van der Waals surface area contributed by atoms with Gasteiger partial charge in [0.05, 0.1) is 16.3 Å². The molecule has 0 aliphatic heterocycles. The lowest BCUT2D eigenvalue weighted by Crippen LogP contribution is -2.26. The number of rotatable bonds is 5. The zero-order valence-electron chi connectivity index (χ0n) is 12.6. The summed E-state index contributed by atoms with van der Waals surface area (Å²) in [5.41, 5.74) is 0.818. The third-order valence-electron chi connectivity index (χ3n) is 4.35. The van der Waals surface area contributed by atoms with E-state index in [-0.39, 0.29) is 17.0 Å². The fraction of sp³-hybridized carbons (Fsp3) is 0.529. The molecule has 0 spiro atoms. The van der Waals surface area contributed by atoms with Crippen LogP contribution in [-0.2, 0) is 0 Å². The van der Waals surface area contributed by atoms with Gasteiger partial charge in [-0.1, -0.05) is 32.4 Å². The van der Waals surface area contributed by atoms with E-state index in [9.17, 15) is 4.79 Å². The van der Waals surface area contributed by atoms with Gasteiger partial charge < -0.3 is 0 Å². The fourth-order valence-electron chi connectivity index (χ4n) is 3.12. The lowest BCUT2D eigenvalue weighted by molar-refractivity contribution is 0.558. The first-order chi connectivity index (χ1) is 10.2. The Labute approximate surface area is 130 Å². The quantitative estimate of drug-likeness (QED) is 0.765. The van der Waals surface area contributed by atoms with Crippen molar-refractivity contribution in [3.63, 3.8) is 0 Å². The topological polar surface area (TPSA) is 34.9 Å². The molecular weight excluding hydrogens is 284 g/mol. The molecule has 0 amide bonds. The molecule has 1 saturated carbocycles. The van der Waals surface area contributed by atoms with Crippen LogP contribution in [0.5, 0.6) is 0 Å². The average Bonchev–Trinajstić information content (AvgIpc) is 3.25. The number of hydrogen-bond donors (Lipinski definition) is 0. The molecule has 3 unspecified atom stereocenters. The van der Waals surface area contributed by atoms with Crippen molar-refractivity contribution >= 4 is 22.5 Å². The van der Waals surface area contributed by atoms with Crippen LogP contribution >= 0.6 is 11.6 Å². The molecular formula is C17H21ClN2O. The molecule has 1 aromatic heterocycles. The number of fused-ring (bicyclic) bond motifs is 1. The van der Waals surface area contributed by atoms with E-state index in [1.54, 1.807) is 0 Å². The van der Waals surface area contributed by atoms with Crippen molar-refractivity contribution in [3.8, 4) is 0 Å². The smallest absolute Gasteiger partial charge is 0.261 e. The van der Waals surface area contributed by atoms with Gasteiger partial charge in [0.1, 0.15) is 5.82 Å². The SMILES string of the molecule is CCCC1CC1n1c(C(Cl)CC)nc2ccccc2c1=O. The van der Waals surface area contributed by atoms with Crippen molar-refractivity contribution in [2.75, 3.05) is 0 Å². The third-order valence-corrected chi connectivity index (χ3v) is 4.85. The number of benzene rings is 1. The van der Waals surface area contributed by atoms with Crippen LogP contribution in [0.4, 0.5) is 0 Å². The first-order valence-corrected chi connectivity index (χ1v) is 8.26. The van der Waals surface area contributed by atoms with Crippen LogP contribution in [0.2, 0.25) is 0 Å². The molecule has 21 heavy (non-hydrogen) atoms. The second-order valence-electron chi connectivity index (χ2n) is 5.89. The van der Waals surface area contributed by atoms with Crippen molar-refractivity contribution in [2.45, 2.75) is 50.9 Å². The molecule has 0 bridgehead atoms. The molecule has 1 aromatic carbocycles. The Morgan fingerprint density at radius 2 is 2.14 bits per heavy atom. The van der Waals surface area contributed by atoms with E-state index in [0.717, 1.165) is 30.6 Å². The molecule has 3 rings (SSSR count). The van der Waals surface area contributed by atoms with Gasteiger partial charge in [-0.3, -0.25) is 9.36 Å². The monoisotopic (exact) mass is 304 g/mol. The van der Waals surface area contributed by atoms with Crippen LogP contribution in [0.25, 0.3) is 10.9 Å². The minimum Gasteiger partial charge on any atom is -0.291 e. The van der Waals surface area contributed by atoms with Crippen molar-refractivity contribution in [3.05, 3.63) is 40.4 Å². The summed E-state index contributed by atoms with van der Waals surface area (Å²) < 4.78 is 1.88. The van der Waals surface area contributed by atoms with E-state index >= 15 is 0 Å². The predicted molar refractivity (Wildman–Crippen MR) is 86.9 cm³/mol. The molecule has 2 aromatic rings. The predicted octanol–water partition coefficient (Wildman–Crippen LogP) is 4.45. The third kappa shape index (κ3) is 2.59.